The molecular weight excluding hydrogens is 210 g/mol. The molecule has 0 spiro atoms. The molecule has 0 aliphatic rings. The van der Waals surface area contributed by atoms with Crippen molar-refractivity contribution in [3.8, 4) is 0 Å². The number of hydrogen-bond acceptors (Lipinski definition) is 2. The van der Waals surface area contributed by atoms with Crippen molar-refractivity contribution in [2.75, 3.05) is 0 Å². The minimum absolute atomic E-state index is 0.379. The van der Waals surface area contributed by atoms with Crippen LogP contribution in [-0.4, -0.2) is 15.0 Å². The SMILES string of the molecule is CC(Cc1nc2ncccc2[nH]1)CC(C)(C)C. The van der Waals surface area contributed by atoms with Crippen LogP contribution in [0.2, 0.25) is 0 Å². The van der Waals surface area contributed by atoms with Crippen LogP contribution < -0.4 is 0 Å². The number of rotatable bonds is 3. The summed E-state index contributed by atoms with van der Waals surface area (Å²) in [6, 6.07) is 3.95. The van der Waals surface area contributed by atoms with E-state index in [0.29, 0.717) is 11.3 Å². The minimum Gasteiger partial charge on any atom is -0.341 e. The monoisotopic (exact) mass is 231 g/mol. The van der Waals surface area contributed by atoms with Crippen molar-refractivity contribution in [1.29, 1.82) is 0 Å². The van der Waals surface area contributed by atoms with E-state index < -0.39 is 0 Å². The third-order valence-corrected chi connectivity index (χ3v) is 2.81. The molecule has 2 heterocycles. The second-order valence-corrected chi connectivity index (χ2v) is 6.13. The lowest BCUT2D eigenvalue weighted by Crippen LogP contribution is -2.13. The highest BCUT2D eigenvalue weighted by Gasteiger charge is 2.16. The van der Waals surface area contributed by atoms with E-state index in [2.05, 4.69) is 42.6 Å². The first kappa shape index (κ1) is 12.1. The van der Waals surface area contributed by atoms with Gasteiger partial charge in [0.25, 0.3) is 0 Å². The van der Waals surface area contributed by atoms with Gasteiger partial charge >= 0.3 is 0 Å². The first-order chi connectivity index (χ1) is 7.94. The molecule has 1 atom stereocenters. The molecule has 0 aromatic carbocycles. The number of aromatic amines is 1. The highest BCUT2D eigenvalue weighted by molar-refractivity contribution is 5.69. The summed E-state index contributed by atoms with van der Waals surface area (Å²) in [6.07, 6.45) is 3.98. The van der Waals surface area contributed by atoms with E-state index in [1.165, 1.54) is 6.42 Å². The van der Waals surface area contributed by atoms with Crippen molar-refractivity contribution >= 4 is 11.2 Å². The molecule has 2 rings (SSSR count). The Labute approximate surface area is 103 Å². The van der Waals surface area contributed by atoms with E-state index in [9.17, 15) is 0 Å². The fourth-order valence-corrected chi connectivity index (χ4v) is 2.44. The summed E-state index contributed by atoms with van der Waals surface area (Å²) in [5.41, 5.74) is 2.24. The quantitative estimate of drug-likeness (QED) is 0.877. The van der Waals surface area contributed by atoms with Gasteiger partial charge in [0.2, 0.25) is 0 Å². The van der Waals surface area contributed by atoms with Gasteiger partial charge in [-0.3, -0.25) is 0 Å². The molecule has 0 bridgehead atoms. The van der Waals surface area contributed by atoms with E-state index in [4.69, 9.17) is 0 Å². The van der Waals surface area contributed by atoms with Crippen LogP contribution in [0.25, 0.3) is 11.2 Å². The van der Waals surface area contributed by atoms with Crippen molar-refractivity contribution < 1.29 is 0 Å². The summed E-state index contributed by atoms with van der Waals surface area (Å²) in [5, 5.41) is 0. The maximum Gasteiger partial charge on any atom is 0.177 e. The maximum absolute atomic E-state index is 4.52. The predicted octanol–water partition coefficient (Wildman–Crippen LogP) is 3.57. The Balaban J connectivity index is 2.08. The molecule has 92 valence electrons. The zero-order valence-electron chi connectivity index (χ0n) is 11.1. The molecule has 0 aliphatic carbocycles. The summed E-state index contributed by atoms with van der Waals surface area (Å²) in [5.74, 6) is 1.69. The zero-order valence-corrected chi connectivity index (χ0v) is 11.1. The van der Waals surface area contributed by atoms with Crippen LogP contribution in [0.3, 0.4) is 0 Å². The number of hydrogen-bond donors (Lipinski definition) is 1. The molecular formula is C14H21N3. The van der Waals surface area contributed by atoms with Gasteiger partial charge in [0, 0.05) is 12.6 Å². The summed E-state index contributed by atoms with van der Waals surface area (Å²) in [6.45, 7) is 9.13. The Morgan fingerprint density at radius 2 is 2.12 bits per heavy atom. The molecule has 0 saturated heterocycles. The highest BCUT2D eigenvalue weighted by Crippen LogP contribution is 2.26. The van der Waals surface area contributed by atoms with Crippen LogP contribution in [0, 0.1) is 11.3 Å². The number of imidazole rings is 1. The minimum atomic E-state index is 0.379. The topological polar surface area (TPSA) is 41.6 Å². The number of pyridine rings is 1. The first-order valence-electron chi connectivity index (χ1n) is 6.24. The van der Waals surface area contributed by atoms with Crippen LogP contribution in [0.5, 0.6) is 0 Å². The smallest absolute Gasteiger partial charge is 0.177 e. The lowest BCUT2D eigenvalue weighted by atomic mass is 9.84. The largest absolute Gasteiger partial charge is 0.341 e. The van der Waals surface area contributed by atoms with Gasteiger partial charge in [-0.1, -0.05) is 27.7 Å². The van der Waals surface area contributed by atoms with Crippen molar-refractivity contribution in [3.63, 3.8) is 0 Å². The summed E-state index contributed by atoms with van der Waals surface area (Å²) >= 11 is 0. The van der Waals surface area contributed by atoms with E-state index in [-0.39, 0.29) is 0 Å². The van der Waals surface area contributed by atoms with Gasteiger partial charge in [-0.05, 0) is 29.9 Å². The van der Waals surface area contributed by atoms with Crippen LogP contribution >= 0.6 is 0 Å². The molecule has 17 heavy (non-hydrogen) atoms. The van der Waals surface area contributed by atoms with E-state index in [1.807, 2.05) is 12.1 Å². The summed E-state index contributed by atoms with van der Waals surface area (Å²) < 4.78 is 0. The van der Waals surface area contributed by atoms with Crippen molar-refractivity contribution in [1.82, 2.24) is 15.0 Å². The number of fused-ring (bicyclic) bond motifs is 1. The summed E-state index contributed by atoms with van der Waals surface area (Å²) in [4.78, 5) is 12.1. The Bertz CT molecular complexity index is 460. The number of nitrogens with zero attached hydrogens (tertiary/aromatic N) is 2. The predicted molar refractivity (Wildman–Crippen MR) is 70.8 cm³/mol. The lowest BCUT2D eigenvalue weighted by molar-refractivity contribution is 0.304. The molecule has 1 unspecified atom stereocenters. The molecule has 0 saturated carbocycles. The molecule has 2 aromatic rings. The number of aromatic nitrogens is 3. The molecule has 0 fully saturated rings. The van der Waals surface area contributed by atoms with E-state index in [0.717, 1.165) is 23.4 Å². The Morgan fingerprint density at radius 3 is 2.76 bits per heavy atom. The lowest BCUT2D eigenvalue weighted by Gasteiger charge is -2.22. The van der Waals surface area contributed by atoms with Gasteiger partial charge in [-0.25, -0.2) is 9.97 Å². The standard InChI is InChI=1S/C14H21N3/c1-10(9-14(2,3)4)8-12-16-11-6-5-7-15-13(11)17-12/h5-7,10H,8-9H2,1-4H3,(H,15,16,17). The Hall–Kier alpha value is -1.38. The van der Waals surface area contributed by atoms with Gasteiger partial charge in [0.1, 0.15) is 5.82 Å². The van der Waals surface area contributed by atoms with Crippen molar-refractivity contribution in [3.05, 3.63) is 24.2 Å². The Kier molecular flexibility index (Phi) is 3.18. The molecule has 3 heteroatoms. The molecule has 2 aromatic heterocycles. The molecule has 3 nitrogen and oxygen atoms in total. The third-order valence-electron chi connectivity index (χ3n) is 2.81. The van der Waals surface area contributed by atoms with Gasteiger partial charge in [-0.15, -0.1) is 0 Å². The van der Waals surface area contributed by atoms with E-state index in [1.54, 1.807) is 6.20 Å². The van der Waals surface area contributed by atoms with Crippen molar-refractivity contribution in [2.24, 2.45) is 11.3 Å². The summed E-state index contributed by atoms with van der Waals surface area (Å²) in [7, 11) is 0. The fourth-order valence-electron chi connectivity index (χ4n) is 2.44. The van der Waals surface area contributed by atoms with Crippen LogP contribution in [0.4, 0.5) is 0 Å². The molecule has 0 amide bonds. The van der Waals surface area contributed by atoms with Crippen LogP contribution in [-0.2, 0) is 6.42 Å². The van der Waals surface area contributed by atoms with Gasteiger partial charge in [0.15, 0.2) is 5.65 Å². The van der Waals surface area contributed by atoms with Gasteiger partial charge in [-0.2, -0.15) is 0 Å². The average molecular weight is 231 g/mol. The van der Waals surface area contributed by atoms with Gasteiger partial charge in [0.05, 0.1) is 5.52 Å². The van der Waals surface area contributed by atoms with Gasteiger partial charge < -0.3 is 4.98 Å². The number of H-pyrrole nitrogens is 1. The maximum atomic E-state index is 4.52. The second kappa shape index (κ2) is 4.47. The molecule has 0 radical (unpaired) electrons. The molecule has 1 N–H and O–H groups in total. The second-order valence-electron chi connectivity index (χ2n) is 6.13. The third kappa shape index (κ3) is 3.29. The van der Waals surface area contributed by atoms with Crippen LogP contribution in [0.1, 0.15) is 39.9 Å². The van der Waals surface area contributed by atoms with Crippen molar-refractivity contribution in [2.45, 2.75) is 40.5 Å². The molecule has 0 aliphatic heterocycles. The normalized spacial score (nSPS) is 14.1. The fraction of sp³-hybridized carbons (Fsp3) is 0.571. The highest BCUT2D eigenvalue weighted by atomic mass is 15.0. The Morgan fingerprint density at radius 1 is 1.35 bits per heavy atom. The average Bonchev–Trinajstić information content (AvgIpc) is 2.55. The van der Waals surface area contributed by atoms with Crippen LogP contribution in [0.15, 0.2) is 18.3 Å². The number of nitrogens with one attached hydrogen (secondary N) is 1. The van der Waals surface area contributed by atoms with E-state index >= 15 is 0 Å². The zero-order chi connectivity index (χ0) is 12.5. The first-order valence-corrected chi connectivity index (χ1v) is 6.24.